The number of nitrogens with one attached hydrogen (secondary N) is 1. The summed E-state index contributed by atoms with van der Waals surface area (Å²) in [5.74, 6) is -1.50. The van der Waals surface area contributed by atoms with Gasteiger partial charge in [0.15, 0.2) is 10.6 Å². The van der Waals surface area contributed by atoms with E-state index in [0.29, 0.717) is 27.9 Å². The predicted molar refractivity (Wildman–Crippen MR) is 140 cm³/mol. The molecule has 1 aromatic carbocycles. The minimum atomic E-state index is -4.35. The number of pyridine rings is 1. The van der Waals surface area contributed by atoms with E-state index in [9.17, 15) is 22.9 Å². The number of nitrogens with zero attached hydrogens (tertiary/aromatic N) is 4. The molecule has 0 spiro atoms. The molecule has 10 nitrogen and oxygen atoms in total. The highest BCUT2D eigenvalue weighted by molar-refractivity contribution is 7.90. The second-order valence-corrected chi connectivity index (χ2v) is 11.6. The molecular formula is C27H30FN5O5S. The maximum Gasteiger partial charge on any atom is 0.283 e. The van der Waals surface area contributed by atoms with E-state index in [1.807, 2.05) is 33.8 Å². The number of amides is 1. The van der Waals surface area contributed by atoms with Gasteiger partial charge in [-0.25, -0.2) is 14.1 Å². The first-order chi connectivity index (χ1) is 18.4. The third-order valence-electron chi connectivity index (χ3n) is 6.65. The van der Waals surface area contributed by atoms with Crippen molar-refractivity contribution in [2.75, 3.05) is 20.3 Å². The van der Waals surface area contributed by atoms with Gasteiger partial charge in [-0.1, -0.05) is 13.8 Å². The fraction of sp³-hybridized carbons (Fsp3) is 0.407. The SMILES string of the molecule is COC1(c2cc(S(=O)(=O)NC(=O)Cc3c(-c4ccnc(C#N)c4)cc(F)cc3C(C)C)nn2C(C)C)COC1. The van der Waals surface area contributed by atoms with Crippen LogP contribution in [0.25, 0.3) is 11.1 Å². The lowest BCUT2D eigenvalue weighted by Crippen LogP contribution is -2.49. The maximum atomic E-state index is 14.6. The third kappa shape index (κ3) is 5.56. The summed E-state index contributed by atoms with van der Waals surface area (Å²) in [6.07, 6.45) is 1.07. The van der Waals surface area contributed by atoms with Crippen molar-refractivity contribution < 1.29 is 27.1 Å². The molecule has 1 aliphatic heterocycles. The summed E-state index contributed by atoms with van der Waals surface area (Å²) in [5, 5.41) is 13.2. The zero-order valence-corrected chi connectivity index (χ0v) is 23.2. The molecule has 0 saturated carbocycles. The van der Waals surface area contributed by atoms with Crippen LogP contribution in [-0.2, 0) is 36.3 Å². The Kier molecular flexibility index (Phi) is 7.88. The molecule has 1 fully saturated rings. The standard InChI is InChI=1S/C27H30FN5O5S/c1-16(2)21-9-19(28)10-22(18-6-7-30-20(8-18)13-29)23(21)11-25(34)32-39(35,36)26-12-24(33(31-26)17(3)4)27(37-5)14-38-15-27/h6-10,12,16-17H,11,14-15H2,1-5H3,(H,32,34). The fourth-order valence-electron chi connectivity index (χ4n) is 4.58. The summed E-state index contributed by atoms with van der Waals surface area (Å²) in [6.45, 7) is 7.91. The molecular weight excluding hydrogens is 525 g/mol. The molecule has 1 aliphatic rings. The Balaban J connectivity index is 1.69. The lowest BCUT2D eigenvalue weighted by atomic mass is 9.88. The Hall–Kier alpha value is -3.66. The lowest BCUT2D eigenvalue weighted by Gasteiger charge is -2.40. The predicted octanol–water partition coefficient (Wildman–Crippen LogP) is 3.58. The number of carbonyl (C=O) groups excluding carboxylic acids is 1. The monoisotopic (exact) mass is 555 g/mol. The second kappa shape index (κ2) is 10.8. The van der Waals surface area contributed by atoms with Crippen LogP contribution in [0.2, 0.25) is 0 Å². The second-order valence-electron chi connectivity index (χ2n) is 10.0. The number of carbonyl (C=O) groups is 1. The quantitative estimate of drug-likeness (QED) is 0.423. The molecule has 206 valence electrons. The average Bonchev–Trinajstić information content (AvgIpc) is 3.31. The fourth-order valence-corrected chi connectivity index (χ4v) is 5.52. The molecule has 4 rings (SSSR count). The van der Waals surface area contributed by atoms with Gasteiger partial charge in [-0.3, -0.25) is 9.48 Å². The van der Waals surface area contributed by atoms with Gasteiger partial charge in [0.1, 0.15) is 17.6 Å². The summed E-state index contributed by atoms with van der Waals surface area (Å²) in [6, 6.07) is 8.86. The molecule has 2 aromatic heterocycles. The Bertz CT molecular complexity index is 1550. The van der Waals surface area contributed by atoms with Crippen molar-refractivity contribution in [3.8, 4) is 17.2 Å². The molecule has 12 heteroatoms. The van der Waals surface area contributed by atoms with E-state index in [1.165, 1.54) is 37.6 Å². The molecule has 0 bridgehead atoms. The lowest BCUT2D eigenvalue weighted by molar-refractivity contribution is -0.206. The molecule has 0 aliphatic carbocycles. The molecule has 1 N–H and O–H groups in total. The van der Waals surface area contributed by atoms with Crippen LogP contribution in [0.5, 0.6) is 0 Å². The van der Waals surface area contributed by atoms with E-state index in [4.69, 9.17) is 9.47 Å². The highest BCUT2D eigenvalue weighted by Gasteiger charge is 2.45. The van der Waals surface area contributed by atoms with Crippen LogP contribution in [0.1, 0.15) is 62.2 Å². The number of rotatable bonds is 9. The van der Waals surface area contributed by atoms with E-state index in [1.54, 1.807) is 10.7 Å². The number of aromatic nitrogens is 3. The van der Waals surface area contributed by atoms with Gasteiger partial charge in [0, 0.05) is 25.4 Å². The largest absolute Gasteiger partial charge is 0.374 e. The first-order valence-electron chi connectivity index (χ1n) is 12.4. The van der Waals surface area contributed by atoms with E-state index in [2.05, 4.69) is 14.8 Å². The van der Waals surface area contributed by atoms with Gasteiger partial charge in [0.05, 0.1) is 25.3 Å². The minimum absolute atomic E-state index is 0.128. The van der Waals surface area contributed by atoms with E-state index in [-0.39, 0.29) is 42.3 Å². The van der Waals surface area contributed by atoms with Gasteiger partial charge >= 0.3 is 0 Å². The van der Waals surface area contributed by atoms with Crippen molar-refractivity contribution in [1.29, 1.82) is 5.26 Å². The van der Waals surface area contributed by atoms with Crippen molar-refractivity contribution in [2.24, 2.45) is 0 Å². The van der Waals surface area contributed by atoms with Crippen molar-refractivity contribution in [3.05, 3.63) is 64.9 Å². The zero-order valence-electron chi connectivity index (χ0n) is 22.4. The molecule has 1 amide bonds. The van der Waals surface area contributed by atoms with Crippen LogP contribution in [-0.4, -0.2) is 49.4 Å². The number of hydrogen-bond donors (Lipinski definition) is 1. The van der Waals surface area contributed by atoms with Crippen LogP contribution in [0.4, 0.5) is 4.39 Å². The molecule has 1 saturated heterocycles. The van der Waals surface area contributed by atoms with E-state index in [0.717, 1.165) is 0 Å². The number of nitriles is 1. The maximum absolute atomic E-state index is 14.6. The van der Waals surface area contributed by atoms with Crippen LogP contribution in [0, 0.1) is 17.1 Å². The van der Waals surface area contributed by atoms with Crippen LogP contribution >= 0.6 is 0 Å². The first kappa shape index (κ1) is 28.4. The van der Waals surface area contributed by atoms with Gasteiger partial charge in [0.2, 0.25) is 5.91 Å². The number of ether oxygens (including phenoxy) is 2. The van der Waals surface area contributed by atoms with Crippen molar-refractivity contribution in [1.82, 2.24) is 19.5 Å². The van der Waals surface area contributed by atoms with Crippen molar-refractivity contribution in [2.45, 2.75) is 56.7 Å². The van der Waals surface area contributed by atoms with E-state index < -0.39 is 27.3 Å². The Morgan fingerprint density at radius 3 is 2.54 bits per heavy atom. The third-order valence-corrected chi connectivity index (χ3v) is 7.89. The molecule has 0 radical (unpaired) electrons. The summed E-state index contributed by atoms with van der Waals surface area (Å²) in [5.41, 5.74) is 1.71. The smallest absolute Gasteiger partial charge is 0.283 e. The minimum Gasteiger partial charge on any atom is -0.374 e. The molecule has 39 heavy (non-hydrogen) atoms. The zero-order chi connectivity index (χ0) is 28.5. The summed E-state index contributed by atoms with van der Waals surface area (Å²) in [7, 11) is -2.83. The highest BCUT2D eigenvalue weighted by Crippen LogP contribution is 2.36. The van der Waals surface area contributed by atoms with Crippen LogP contribution < -0.4 is 4.72 Å². The first-order valence-corrected chi connectivity index (χ1v) is 13.9. The molecule has 0 unspecified atom stereocenters. The molecule has 0 atom stereocenters. The number of methoxy groups -OCH3 is 1. The van der Waals surface area contributed by atoms with Gasteiger partial charge in [-0.2, -0.15) is 18.8 Å². The van der Waals surface area contributed by atoms with Gasteiger partial charge in [0.25, 0.3) is 10.0 Å². The molecule has 3 heterocycles. The van der Waals surface area contributed by atoms with E-state index >= 15 is 0 Å². The number of sulfonamides is 1. The van der Waals surface area contributed by atoms with Gasteiger partial charge in [-0.05, 0) is 66.3 Å². The Morgan fingerprint density at radius 1 is 1.26 bits per heavy atom. The van der Waals surface area contributed by atoms with Gasteiger partial charge in [-0.15, -0.1) is 0 Å². The molecule has 3 aromatic rings. The summed E-state index contributed by atoms with van der Waals surface area (Å²) in [4.78, 5) is 17.1. The summed E-state index contributed by atoms with van der Waals surface area (Å²) >= 11 is 0. The Morgan fingerprint density at radius 2 is 1.97 bits per heavy atom. The van der Waals surface area contributed by atoms with Crippen LogP contribution in [0.15, 0.2) is 41.6 Å². The van der Waals surface area contributed by atoms with Gasteiger partial charge < -0.3 is 9.47 Å². The van der Waals surface area contributed by atoms with Crippen molar-refractivity contribution in [3.63, 3.8) is 0 Å². The number of benzene rings is 1. The highest BCUT2D eigenvalue weighted by atomic mass is 32.2. The number of hydrogen-bond acceptors (Lipinski definition) is 8. The Labute approximate surface area is 226 Å². The average molecular weight is 556 g/mol. The topological polar surface area (TPSA) is 136 Å². The van der Waals surface area contributed by atoms with Crippen LogP contribution in [0.3, 0.4) is 0 Å². The normalized spacial score (nSPS) is 14.7. The summed E-state index contributed by atoms with van der Waals surface area (Å²) < 4.78 is 55.8. The number of halogens is 1. The van der Waals surface area contributed by atoms with Crippen molar-refractivity contribution >= 4 is 15.9 Å².